The maximum absolute atomic E-state index is 12.5. The average Bonchev–Trinajstić information content (AvgIpc) is 2.94. The van der Waals surface area contributed by atoms with Gasteiger partial charge in [-0.05, 0) is 38.4 Å². The van der Waals surface area contributed by atoms with Crippen molar-refractivity contribution in [3.05, 3.63) is 29.8 Å². The zero-order valence-electron chi connectivity index (χ0n) is 20.1. The van der Waals surface area contributed by atoms with Gasteiger partial charge < -0.3 is 19.6 Å². The third-order valence-electron chi connectivity index (χ3n) is 5.93. The Morgan fingerprint density at radius 3 is 2.14 bits per heavy atom. The Labute approximate surface area is 203 Å². The van der Waals surface area contributed by atoms with Gasteiger partial charge in [-0.15, -0.1) is 0 Å². The Bertz CT molecular complexity index is 842. The first-order valence-corrected chi connectivity index (χ1v) is 11.9. The third-order valence-corrected chi connectivity index (χ3v) is 5.93. The van der Waals surface area contributed by atoms with E-state index in [1.54, 1.807) is 0 Å². The van der Waals surface area contributed by atoms with E-state index in [4.69, 9.17) is 14.6 Å². The molecular formula is C24H34F3N3O5. The second-order valence-corrected chi connectivity index (χ2v) is 8.38. The molecule has 1 fully saturated rings. The number of fused-ring (bicyclic) bond motifs is 1. The van der Waals surface area contributed by atoms with Crippen molar-refractivity contribution in [1.82, 2.24) is 9.80 Å². The lowest BCUT2D eigenvalue weighted by molar-refractivity contribution is -0.192. The van der Waals surface area contributed by atoms with Gasteiger partial charge >= 0.3 is 12.1 Å². The molecule has 1 amide bonds. The second-order valence-electron chi connectivity index (χ2n) is 8.38. The summed E-state index contributed by atoms with van der Waals surface area (Å²) in [6, 6.07) is 7.52. The SMILES string of the molecule is CCOCCN1CCN(CCCCN2C(=O)CCC(=O)c3ccccc32)CC1.O=C(O)C(F)(F)F. The molecule has 0 aliphatic carbocycles. The maximum Gasteiger partial charge on any atom is 0.490 e. The fraction of sp³-hybridized carbons (Fsp3) is 0.625. The molecule has 1 aromatic rings. The molecule has 196 valence electrons. The average molecular weight is 502 g/mol. The summed E-state index contributed by atoms with van der Waals surface area (Å²) in [5.41, 5.74) is 1.48. The predicted molar refractivity (Wildman–Crippen MR) is 125 cm³/mol. The van der Waals surface area contributed by atoms with Crippen molar-refractivity contribution < 1.29 is 37.4 Å². The number of ketones is 1. The van der Waals surface area contributed by atoms with E-state index >= 15 is 0 Å². The molecule has 11 heteroatoms. The highest BCUT2D eigenvalue weighted by atomic mass is 19.4. The van der Waals surface area contributed by atoms with E-state index in [2.05, 4.69) is 9.80 Å². The molecule has 1 saturated heterocycles. The van der Waals surface area contributed by atoms with Gasteiger partial charge in [0, 0.05) is 64.3 Å². The number of carbonyl (C=O) groups excluding carboxylic acids is 2. The molecule has 0 saturated carbocycles. The smallest absolute Gasteiger partial charge is 0.475 e. The first kappa shape index (κ1) is 28.7. The van der Waals surface area contributed by atoms with Gasteiger partial charge in [0.1, 0.15) is 0 Å². The summed E-state index contributed by atoms with van der Waals surface area (Å²) >= 11 is 0. The van der Waals surface area contributed by atoms with E-state index in [0.717, 1.165) is 71.0 Å². The van der Waals surface area contributed by atoms with Crippen LogP contribution in [0.3, 0.4) is 0 Å². The van der Waals surface area contributed by atoms with E-state index in [9.17, 15) is 22.8 Å². The molecule has 0 atom stereocenters. The van der Waals surface area contributed by atoms with Crippen LogP contribution < -0.4 is 4.90 Å². The zero-order chi connectivity index (χ0) is 25.8. The van der Waals surface area contributed by atoms with Gasteiger partial charge in [0.2, 0.25) is 5.91 Å². The number of para-hydroxylation sites is 1. The van der Waals surface area contributed by atoms with E-state index in [1.807, 2.05) is 36.1 Å². The molecule has 0 aromatic heterocycles. The predicted octanol–water partition coefficient (Wildman–Crippen LogP) is 3.06. The Kier molecular flexibility index (Phi) is 11.6. The number of ether oxygens (including phenoxy) is 1. The quantitative estimate of drug-likeness (QED) is 0.520. The van der Waals surface area contributed by atoms with Crippen molar-refractivity contribution in [2.45, 2.75) is 38.8 Å². The standard InChI is InChI=1S/C22H33N3O3.C2HF3O2/c1-2-28-18-17-24-15-13-23(14-16-24)11-5-6-12-25-20-8-4-3-7-19(20)21(26)9-10-22(25)27;3-2(4,5)1(6)7/h3-4,7-8H,2,5-6,9-18H2,1H3;(H,6,7). The number of nitrogens with zero attached hydrogens (tertiary/aromatic N) is 3. The molecule has 2 aliphatic rings. The number of unbranched alkanes of at least 4 members (excludes halogenated alkanes) is 1. The molecule has 3 rings (SSSR count). The summed E-state index contributed by atoms with van der Waals surface area (Å²) < 4.78 is 37.2. The van der Waals surface area contributed by atoms with Gasteiger partial charge in [0.15, 0.2) is 5.78 Å². The van der Waals surface area contributed by atoms with E-state index in [1.165, 1.54) is 0 Å². The number of rotatable bonds is 9. The molecule has 2 heterocycles. The number of aliphatic carboxylic acids is 1. The van der Waals surface area contributed by atoms with Crippen molar-refractivity contribution in [3.63, 3.8) is 0 Å². The number of anilines is 1. The zero-order valence-corrected chi connectivity index (χ0v) is 20.1. The molecular weight excluding hydrogens is 467 g/mol. The van der Waals surface area contributed by atoms with Crippen LogP contribution >= 0.6 is 0 Å². The van der Waals surface area contributed by atoms with Crippen molar-refractivity contribution in [1.29, 1.82) is 0 Å². The topological polar surface area (TPSA) is 90.4 Å². The molecule has 0 spiro atoms. The van der Waals surface area contributed by atoms with E-state index in [0.29, 0.717) is 24.9 Å². The number of hydrogen-bond acceptors (Lipinski definition) is 6. The van der Waals surface area contributed by atoms with Crippen LogP contribution in [0, 0.1) is 0 Å². The monoisotopic (exact) mass is 501 g/mol. The molecule has 0 radical (unpaired) electrons. The second kappa shape index (κ2) is 14.2. The maximum atomic E-state index is 12.5. The fourth-order valence-corrected chi connectivity index (χ4v) is 3.99. The van der Waals surface area contributed by atoms with Gasteiger partial charge in [-0.1, -0.05) is 12.1 Å². The molecule has 0 unspecified atom stereocenters. The Balaban J connectivity index is 0.000000540. The van der Waals surface area contributed by atoms with Crippen LogP contribution in [0.25, 0.3) is 0 Å². The number of carboxylic acids is 1. The summed E-state index contributed by atoms with van der Waals surface area (Å²) in [6.07, 6.45) is -2.42. The Morgan fingerprint density at radius 2 is 1.54 bits per heavy atom. The summed E-state index contributed by atoms with van der Waals surface area (Å²) in [7, 11) is 0. The van der Waals surface area contributed by atoms with Gasteiger partial charge in [-0.3, -0.25) is 14.5 Å². The minimum Gasteiger partial charge on any atom is -0.475 e. The number of carboxylic acid groups (broad SMARTS) is 1. The van der Waals surface area contributed by atoms with Gasteiger partial charge in [-0.2, -0.15) is 13.2 Å². The lowest BCUT2D eigenvalue weighted by Gasteiger charge is -2.34. The van der Waals surface area contributed by atoms with Gasteiger partial charge in [0.25, 0.3) is 0 Å². The van der Waals surface area contributed by atoms with E-state index in [-0.39, 0.29) is 11.7 Å². The lowest BCUT2D eigenvalue weighted by Crippen LogP contribution is -2.47. The first-order valence-electron chi connectivity index (χ1n) is 11.9. The summed E-state index contributed by atoms with van der Waals surface area (Å²) in [6.45, 7) is 10.9. The van der Waals surface area contributed by atoms with Crippen LogP contribution in [0.1, 0.15) is 43.0 Å². The van der Waals surface area contributed by atoms with Gasteiger partial charge in [0.05, 0.1) is 12.3 Å². The highest BCUT2D eigenvalue weighted by Gasteiger charge is 2.38. The highest BCUT2D eigenvalue weighted by molar-refractivity contribution is 6.10. The van der Waals surface area contributed by atoms with Crippen LogP contribution in [0.15, 0.2) is 24.3 Å². The number of halogens is 3. The Morgan fingerprint density at radius 1 is 0.971 bits per heavy atom. The summed E-state index contributed by atoms with van der Waals surface area (Å²) in [5, 5.41) is 7.12. The largest absolute Gasteiger partial charge is 0.490 e. The minimum atomic E-state index is -5.08. The molecule has 1 N–H and O–H groups in total. The molecule has 2 aliphatic heterocycles. The number of alkyl halides is 3. The van der Waals surface area contributed by atoms with Crippen molar-refractivity contribution >= 4 is 23.3 Å². The van der Waals surface area contributed by atoms with Crippen molar-refractivity contribution in [2.75, 3.05) is 63.9 Å². The Hall–Kier alpha value is -2.50. The highest BCUT2D eigenvalue weighted by Crippen LogP contribution is 2.27. The van der Waals surface area contributed by atoms with Crippen LogP contribution in [-0.2, 0) is 14.3 Å². The first-order chi connectivity index (χ1) is 16.6. The molecule has 35 heavy (non-hydrogen) atoms. The van der Waals surface area contributed by atoms with Gasteiger partial charge in [-0.25, -0.2) is 4.79 Å². The fourth-order valence-electron chi connectivity index (χ4n) is 3.99. The minimum absolute atomic E-state index is 0.0706. The number of Topliss-reactive ketones (excluding diaryl/α,β-unsaturated/α-hetero) is 1. The number of benzene rings is 1. The summed E-state index contributed by atoms with van der Waals surface area (Å²) in [4.78, 5) is 40.5. The van der Waals surface area contributed by atoms with Crippen LogP contribution in [0.2, 0.25) is 0 Å². The van der Waals surface area contributed by atoms with Crippen LogP contribution in [0.4, 0.5) is 18.9 Å². The number of carbonyl (C=O) groups is 3. The number of piperazine rings is 1. The van der Waals surface area contributed by atoms with E-state index < -0.39 is 12.1 Å². The third kappa shape index (κ3) is 9.58. The van der Waals surface area contributed by atoms with Crippen LogP contribution in [0.5, 0.6) is 0 Å². The van der Waals surface area contributed by atoms with Crippen LogP contribution in [-0.4, -0.2) is 97.8 Å². The molecule has 0 bridgehead atoms. The normalized spacial score (nSPS) is 17.4. The summed E-state index contributed by atoms with van der Waals surface area (Å²) in [5.74, 6) is -2.61. The van der Waals surface area contributed by atoms with Crippen molar-refractivity contribution in [3.8, 4) is 0 Å². The number of amides is 1. The van der Waals surface area contributed by atoms with Crippen molar-refractivity contribution in [2.24, 2.45) is 0 Å². The molecule has 8 nitrogen and oxygen atoms in total. The molecule has 1 aromatic carbocycles. The lowest BCUT2D eigenvalue weighted by atomic mass is 10.1. The number of hydrogen-bond donors (Lipinski definition) is 1.